The van der Waals surface area contributed by atoms with Crippen molar-refractivity contribution in [3.63, 3.8) is 0 Å². The lowest BCUT2D eigenvalue weighted by molar-refractivity contribution is -0.156. The van der Waals surface area contributed by atoms with Gasteiger partial charge in [0.25, 0.3) is 0 Å². The standard InChI is InChI=1S/C18H32O3.C18H30O3/c2*1-12(11-21-16(20)17(2,3)4)13-8-9-14-15(19)7-6-10-18(13,14)5/h12-15,19H,6-11H2,1-5H3;12-14H,6-11H2,1-5H3/t12-,13?,14?,15?,18?;12-,13?,14?,18?/m00/s1. The van der Waals surface area contributed by atoms with Crippen LogP contribution in [0, 0.1) is 57.2 Å². The second kappa shape index (κ2) is 13.3. The van der Waals surface area contributed by atoms with Gasteiger partial charge in [-0.05, 0) is 133 Å². The van der Waals surface area contributed by atoms with Gasteiger partial charge < -0.3 is 14.6 Å². The van der Waals surface area contributed by atoms with Gasteiger partial charge >= 0.3 is 11.9 Å². The summed E-state index contributed by atoms with van der Waals surface area (Å²) < 4.78 is 11.0. The fourth-order valence-corrected chi connectivity index (χ4v) is 9.11. The number of rotatable bonds is 6. The predicted octanol–water partition coefficient (Wildman–Crippen LogP) is 7.79. The molecule has 0 aromatic rings. The number of hydrogen-bond acceptors (Lipinski definition) is 6. The molecule has 6 nitrogen and oxygen atoms in total. The minimum atomic E-state index is -0.442. The molecule has 4 aliphatic carbocycles. The fraction of sp³-hybridized carbons (Fsp3) is 0.917. The zero-order valence-corrected chi connectivity index (χ0v) is 28.5. The Balaban J connectivity index is 0.000000230. The SMILES string of the molecule is C[C@@H](COC(=O)C(C)(C)C)C1CCC2C(=O)CCCC21C.C[C@@H](COC(=O)C(C)(C)C)C1CCC2C(O)CCCC21C. The number of Topliss-reactive ketones (excluding diaryl/α,β-unsaturated/α-hetero) is 1. The number of carbonyl (C=O) groups excluding carboxylic acids is 3. The first-order chi connectivity index (χ1) is 19.3. The third-order valence-corrected chi connectivity index (χ3v) is 11.7. The van der Waals surface area contributed by atoms with E-state index in [0.29, 0.717) is 48.6 Å². The Morgan fingerprint density at radius 1 is 0.786 bits per heavy atom. The van der Waals surface area contributed by atoms with Gasteiger partial charge in [0, 0.05) is 12.3 Å². The maximum atomic E-state index is 12.2. The minimum Gasteiger partial charge on any atom is -0.465 e. The highest BCUT2D eigenvalue weighted by Gasteiger charge is 2.53. The normalized spacial score (nSPS) is 36.2. The summed E-state index contributed by atoms with van der Waals surface area (Å²) in [5, 5.41) is 10.3. The molecule has 42 heavy (non-hydrogen) atoms. The van der Waals surface area contributed by atoms with Crippen LogP contribution in [0.15, 0.2) is 0 Å². The molecule has 7 unspecified atom stereocenters. The van der Waals surface area contributed by atoms with Crippen LogP contribution in [0.1, 0.15) is 133 Å². The van der Waals surface area contributed by atoms with Gasteiger partial charge in [0.15, 0.2) is 0 Å². The second-order valence-corrected chi connectivity index (χ2v) is 17.0. The van der Waals surface area contributed by atoms with Crippen molar-refractivity contribution in [2.75, 3.05) is 13.2 Å². The van der Waals surface area contributed by atoms with Crippen molar-refractivity contribution >= 4 is 17.7 Å². The van der Waals surface area contributed by atoms with E-state index >= 15 is 0 Å². The Labute approximate surface area is 256 Å². The molecule has 0 saturated heterocycles. The first kappa shape index (κ1) is 35.1. The molecular weight excluding hydrogens is 528 g/mol. The summed E-state index contributed by atoms with van der Waals surface area (Å²) in [7, 11) is 0. The highest BCUT2D eigenvalue weighted by Crippen LogP contribution is 2.58. The molecule has 0 aromatic carbocycles. The topological polar surface area (TPSA) is 89.9 Å². The molecule has 0 aliphatic heterocycles. The van der Waals surface area contributed by atoms with Crippen LogP contribution in [0.3, 0.4) is 0 Å². The zero-order chi connectivity index (χ0) is 31.7. The van der Waals surface area contributed by atoms with Gasteiger partial charge in [-0.2, -0.15) is 0 Å². The Morgan fingerprint density at radius 2 is 1.26 bits per heavy atom. The lowest BCUT2D eigenvalue weighted by Gasteiger charge is -2.45. The average molecular weight is 591 g/mol. The number of ketones is 1. The number of esters is 2. The molecule has 242 valence electrons. The van der Waals surface area contributed by atoms with Crippen LogP contribution in [0.25, 0.3) is 0 Å². The Kier molecular flexibility index (Phi) is 11.1. The maximum Gasteiger partial charge on any atom is 0.311 e. The average Bonchev–Trinajstić information content (AvgIpc) is 3.43. The van der Waals surface area contributed by atoms with E-state index in [4.69, 9.17) is 9.47 Å². The molecule has 0 radical (unpaired) electrons. The van der Waals surface area contributed by atoms with Crippen molar-refractivity contribution < 1.29 is 29.0 Å². The van der Waals surface area contributed by atoms with E-state index in [-0.39, 0.29) is 34.8 Å². The van der Waals surface area contributed by atoms with Gasteiger partial charge in [-0.15, -0.1) is 0 Å². The molecular formula is C36H62O6. The summed E-state index contributed by atoms with van der Waals surface area (Å²) in [6, 6.07) is 0. The summed E-state index contributed by atoms with van der Waals surface area (Å²) >= 11 is 0. The first-order valence-corrected chi connectivity index (χ1v) is 16.9. The van der Waals surface area contributed by atoms with Crippen LogP contribution in [-0.4, -0.2) is 42.1 Å². The van der Waals surface area contributed by atoms with E-state index in [0.717, 1.165) is 57.8 Å². The number of carbonyl (C=O) groups is 3. The molecule has 6 heteroatoms. The Bertz CT molecular complexity index is 959. The van der Waals surface area contributed by atoms with Crippen molar-refractivity contribution in [3.05, 3.63) is 0 Å². The first-order valence-electron chi connectivity index (χ1n) is 16.9. The quantitative estimate of drug-likeness (QED) is 0.318. The minimum absolute atomic E-state index is 0.113. The summed E-state index contributed by atoms with van der Waals surface area (Å²) in [6.45, 7) is 21.3. The van der Waals surface area contributed by atoms with E-state index in [1.807, 2.05) is 41.5 Å². The third-order valence-electron chi connectivity index (χ3n) is 11.7. The molecule has 0 aromatic heterocycles. The van der Waals surface area contributed by atoms with E-state index in [2.05, 4.69) is 27.7 Å². The van der Waals surface area contributed by atoms with Crippen LogP contribution in [0.4, 0.5) is 0 Å². The van der Waals surface area contributed by atoms with Crippen molar-refractivity contribution in [2.45, 2.75) is 140 Å². The molecule has 0 bridgehead atoms. The lowest BCUT2D eigenvalue weighted by atomic mass is 9.62. The van der Waals surface area contributed by atoms with Gasteiger partial charge in [0.05, 0.1) is 30.1 Å². The molecule has 0 heterocycles. The lowest BCUT2D eigenvalue weighted by Crippen LogP contribution is -2.42. The van der Waals surface area contributed by atoms with Gasteiger partial charge in [-0.3, -0.25) is 14.4 Å². The molecule has 0 amide bonds. The number of hydrogen-bond donors (Lipinski definition) is 1. The smallest absolute Gasteiger partial charge is 0.311 e. The summed E-state index contributed by atoms with van der Waals surface area (Å²) in [5.41, 5.74) is -0.514. The number of fused-ring (bicyclic) bond motifs is 2. The largest absolute Gasteiger partial charge is 0.465 e. The number of aliphatic hydroxyl groups excluding tert-OH is 1. The number of aliphatic hydroxyl groups is 1. The van der Waals surface area contributed by atoms with E-state index in [1.165, 1.54) is 6.42 Å². The molecule has 4 rings (SSSR count). The maximum absolute atomic E-state index is 12.2. The highest BCUT2D eigenvalue weighted by atomic mass is 16.5. The fourth-order valence-electron chi connectivity index (χ4n) is 9.11. The third kappa shape index (κ3) is 7.61. The van der Waals surface area contributed by atoms with Crippen LogP contribution in [0.2, 0.25) is 0 Å². The van der Waals surface area contributed by atoms with Crippen LogP contribution < -0.4 is 0 Å². The summed E-state index contributed by atoms with van der Waals surface area (Å²) in [6.07, 6.45) is 10.5. The molecule has 1 N–H and O–H groups in total. The monoisotopic (exact) mass is 590 g/mol. The summed E-state index contributed by atoms with van der Waals surface area (Å²) in [4.78, 5) is 36.0. The van der Waals surface area contributed by atoms with Crippen molar-refractivity contribution in [2.24, 2.45) is 57.2 Å². The van der Waals surface area contributed by atoms with E-state index < -0.39 is 10.8 Å². The highest BCUT2D eigenvalue weighted by molar-refractivity contribution is 5.83. The van der Waals surface area contributed by atoms with Gasteiger partial charge in [0.2, 0.25) is 0 Å². The van der Waals surface area contributed by atoms with Crippen LogP contribution in [-0.2, 0) is 23.9 Å². The molecule has 4 fully saturated rings. The van der Waals surface area contributed by atoms with E-state index in [9.17, 15) is 19.5 Å². The number of ether oxygens (including phenoxy) is 2. The Morgan fingerprint density at radius 3 is 1.79 bits per heavy atom. The van der Waals surface area contributed by atoms with Crippen LogP contribution >= 0.6 is 0 Å². The molecule has 4 aliphatic rings. The predicted molar refractivity (Wildman–Crippen MR) is 167 cm³/mol. The van der Waals surface area contributed by atoms with Crippen molar-refractivity contribution in [3.8, 4) is 0 Å². The van der Waals surface area contributed by atoms with Gasteiger partial charge in [-0.1, -0.05) is 34.1 Å². The summed E-state index contributed by atoms with van der Waals surface area (Å²) in [5.74, 6) is 2.67. The Hall–Kier alpha value is -1.43. The zero-order valence-electron chi connectivity index (χ0n) is 28.5. The van der Waals surface area contributed by atoms with E-state index in [1.54, 1.807) is 0 Å². The van der Waals surface area contributed by atoms with Crippen molar-refractivity contribution in [1.29, 1.82) is 0 Å². The molecule has 0 spiro atoms. The van der Waals surface area contributed by atoms with Gasteiger partial charge in [0.1, 0.15) is 5.78 Å². The molecule has 9 atom stereocenters. The van der Waals surface area contributed by atoms with Crippen molar-refractivity contribution in [1.82, 2.24) is 0 Å². The van der Waals surface area contributed by atoms with Crippen LogP contribution in [0.5, 0.6) is 0 Å². The van der Waals surface area contributed by atoms with Gasteiger partial charge in [-0.25, -0.2) is 0 Å². The molecule has 4 saturated carbocycles. The second-order valence-electron chi connectivity index (χ2n) is 17.0.